The molecule has 2 aromatic rings. The minimum absolute atomic E-state index is 0.119. The molecule has 6 heteroatoms. The number of nitrogens with zero attached hydrogens (tertiary/aromatic N) is 1. The second-order valence-electron chi connectivity index (χ2n) is 5.57. The molecule has 0 aliphatic carbocycles. The molecule has 6 nitrogen and oxygen atoms in total. The van der Waals surface area contributed by atoms with E-state index >= 15 is 0 Å². The smallest absolute Gasteiger partial charge is 0.337 e. The number of hydrogen-bond donors (Lipinski definition) is 1. The Balaban J connectivity index is 2.27. The Kier molecular flexibility index (Phi) is 5.89. The van der Waals surface area contributed by atoms with Gasteiger partial charge < -0.3 is 14.6 Å². The lowest BCUT2D eigenvalue weighted by molar-refractivity contribution is -0.137. The van der Waals surface area contributed by atoms with E-state index in [4.69, 9.17) is 14.6 Å². The number of aromatic carboxylic acids is 1. The Bertz CT molecular complexity index is 811. The third-order valence-electron chi connectivity index (χ3n) is 3.36. The van der Waals surface area contributed by atoms with Crippen molar-refractivity contribution in [2.45, 2.75) is 13.8 Å². The van der Waals surface area contributed by atoms with Gasteiger partial charge >= 0.3 is 11.9 Å². The fourth-order valence-corrected chi connectivity index (χ4v) is 1.99. The molecule has 25 heavy (non-hydrogen) atoms. The average molecular weight is 341 g/mol. The molecule has 0 saturated carbocycles. The SMILES string of the molecule is COc1cc(C=Nc2ccccc2C(=O)O)ccc1OC(=O)C(C)C. The van der Waals surface area contributed by atoms with Crippen molar-refractivity contribution in [1.29, 1.82) is 0 Å². The summed E-state index contributed by atoms with van der Waals surface area (Å²) in [6, 6.07) is 11.5. The van der Waals surface area contributed by atoms with Gasteiger partial charge in [-0.15, -0.1) is 0 Å². The van der Waals surface area contributed by atoms with E-state index in [9.17, 15) is 9.59 Å². The predicted molar refractivity (Wildman–Crippen MR) is 94.1 cm³/mol. The van der Waals surface area contributed by atoms with Crippen LogP contribution in [0.15, 0.2) is 47.5 Å². The van der Waals surface area contributed by atoms with E-state index in [0.29, 0.717) is 22.7 Å². The molecule has 1 N–H and O–H groups in total. The van der Waals surface area contributed by atoms with Crippen molar-refractivity contribution >= 4 is 23.8 Å². The number of ether oxygens (including phenoxy) is 2. The van der Waals surface area contributed by atoms with Gasteiger partial charge in [-0.1, -0.05) is 26.0 Å². The summed E-state index contributed by atoms with van der Waals surface area (Å²) in [6.45, 7) is 3.49. The lowest BCUT2D eigenvalue weighted by atomic mass is 10.1. The monoisotopic (exact) mass is 341 g/mol. The summed E-state index contributed by atoms with van der Waals surface area (Å²) < 4.78 is 10.5. The van der Waals surface area contributed by atoms with E-state index in [0.717, 1.165) is 0 Å². The molecular weight excluding hydrogens is 322 g/mol. The highest BCUT2D eigenvalue weighted by molar-refractivity contribution is 5.95. The Hall–Kier alpha value is -3.15. The largest absolute Gasteiger partial charge is 0.493 e. The Morgan fingerprint density at radius 3 is 2.48 bits per heavy atom. The average Bonchev–Trinajstić information content (AvgIpc) is 2.60. The van der Waals surface area contributed by atoms with Gasteiger partial charge in [0.05, 0.1) is 24.3 Å². The minimum Gasteiger partial charge on any atom is -0.493 e. The van der Waals surface area contributed by atoms with Crippen molar-refractivity contribution in [3.05, 3.63) is 53.6 Å². The van der Waals surface area contributed by atoms with Gasteiger partial charge in [-0.2, -0.15) is 0 Å². The van der Waals surface area contributed by atoms with Crippen molar-refractivity contribution in [2.24, 2.45) is 10.9 Å². The quantitative estimate of drug-likeness (QED) is 0.492. The van der Waals surface area contributed by atoms with E-state index in [-0.39, 0.29) is 17.5 Å². The lowest BCUT2D eigenvalue weighted by Gasteiger charge is -2.11. The molecule has 0 atom stereocenters. The molecule has 2 rings (SSSR count). The normalized spacial score (nSPS) is 10.9. The molecule has 0 bridgehead atoms. The van der Waals surface area contributed by atoms with E-state index in [1.54, 1.807) is 50.2 Å². The van der Waals surface area contributed by atoms with Crippen molar-refractivity contribution in [3.63, 3.8) is 0 Å². The molecule has 0 aliphatic heterocycles. The number of carboxylic acid groups (broad SMARTS) is 1. The number of carbonyl (C=O) groups excluding carboxylic acids is 1. The molecular formula is C19H19NO5. The van der Waals surface area contributed by atoms with Gasteiger partial charge in [0.1, 0.15) is 0 Å². The number of rotatable bonds is 6. The van der Waals surface area contributed by atoms with Crippen LogP contribution in [-0.4, -0.2) is 30.4 Å². The number of esters is 1. The first-order valence-corrected chi connectivity index (χ1v) is 7.68. The summed E-state index contributed by atoms with van der Waals surface area (Å²) in [4.78, 5) is 27.1. The Morgan fingerprint density at radius 2 is 1.84 bits per heavy atom. The highest BCUT2D eigenvalue weighted by atomic mass is 16.6. The predicted octanol–water partition coefficient (Wildman–Crippen LogP) is 3.71. The van der Waals surface area contributed by atoms with E-state index in [1.165, 1.54) is 19.4 Å². The number of benzene rings is 2. The number of hydrogen-bond acceptors (Lipinski definition) is 5. The molecule has 0 unspecified atom stereocenters. The van der Waals surface area contributed by atoms with Crippen LogP contribution in [0.5, 0.6) is 11.5 Å². The molecule has 0 spiro atoms. The van der Waals surface area contributed by atoms with Crippen molar-refractivity contribution in [2.75, 3.05) is 7.11 Å². The highest BCUT2D eigenvalue weighted by Gasteiger charge is 2.13. The topological polar surface area (TPSA) is 85.2 Å². The van der Waals surface area contributed by atoms with E-state index < -0.39 is 5.97 Å². The lowest BCUT2D eigenvalue weighted by Crippen LogP contribution is -2.15. The van der Waals surface area contributed by atoms with Gasteiger partial charge in [-0.05, 0) is 35.9 Å². The van der Waals surface area contributed by atoms with Crippen LogP contribution in [0.25, 0.3) is 0 Å². The zero-order valence-corrected chi connectivity index (χ0v) is 14.2. The minimum atomic E-state index is -1.04. The summed E-state index contributed by atoms with van der Waals surface area (Å²) in [5, 5.41) is 9.17. The van der Waals surface area contributed by atoms with Gasteiger partial charge in [-0.3, -0.25) is 9.79 Å². The Labute approximate surface area is 145 Å². The van der Waals surface area contributed by atoms with Crippen molar-refractivity contribution in [3.8, 4) is 11.5 Å². The Morgan fingerprint density at radius 1 is 1.12 bits per heavy atom. The standard InChI is InChI=1S/C19H19NO5/c1-12(2)19(23)25-16-9-8-13(10-17(16)24-3)11-20-15-7-5-4-6-14(15)18(21)22/h4-12H,1-3H3,(H,21,22). The zero-order chi connectivity index (χ0) is 18.4. The third-order valence-corrected chi connectivity index (χ3v) is 3.36. The summed E-state index contributed by atoms with van der Waals surface area (Å²) in [5.74, 6) is -0.927. The van der Waals surface area contributed by atoms with Gasteiger partial charge in [-0.25, -0.2) is 4.79 Å². The first-order chi connectivity index (χ1) is 11.9. The van der Waals surface area contributed by atoms with Crippen LogP contribution in [0.4, 0.5) is 5.69 Å². The summed E-state index contributed by atoms with van der Waals surface area (Å²) in [7, 11) is 1.47. The first kappa shape index (κ1) is 18.2. The van der Waals surface area contributed by atoms with Crippen LogP contribution in [0, 0.1) is 5.92 Å². The van der Waals surface area contributed by atoms with E-state index in [2.05, 4.69) is 4.99 Å². The first-order valence-electron chi connectivity index (χ1n) is 7.68. The number of carboxylic acids is 1. The maximum Gasteiger partial charge on any atom is 0.337 e. The molecule has 0 radical (unpaired) electrons. The fourth-order valence-electron chi connectivity index (χ4n) is 1.99. The summed E-state index contributed by atoms with van der Waals surface area (Å²) in [6.07, 6.45) is 1.53. The second kappa shape index (κ2) is 8.10. The summed E-state index contributed by atoms with van der Waals surface area (Å²) >= 11 is 0. The van der Waals surface area contributed by atoms with Gasteiger partial charge in [0.15, 0.2) is 11.5 Å². The molecule has 0 saturated heterocycles. The third kappa shape index (κ3) is 4.67. The molecule has 0 aliphatic rings. The van der Waals surface area contributed by atoms with E-state index in [1.807, 2.05) is 0 Å². The van der Waals surface area contributed by atoms with Gasteiger partial charge in [0.2, 0.25) is 0 Å². The maximum atomic E-state index is 11.7. The fraction of sp³-hybridized carbons (Fsp3) is 0.211. The number of para-hydroxylation sites is 1. The van der Waals surface area contributed by atoms with Gasteiger partial charge in [0, 0.05) is 6.21 Å². The van der Waals surface area contributed by atoms with Crippen LogP contribution in [0.1, 0.15) is 29.8 Å². The maximum absolute atomic E-state index is 11.7. The molecule has 130 valence electrons. The molecule has 0 amide bonds. The van der Waals surface area contributed by atoms with Crippen LogP contribution >= 0.6 is 0 Å². The van der Waals surface area contributed by atoms with Gasteiger partial charge in [0.25, 0.3) is 0 Å². The molecule has 2 aromatic carbocycles. The van der Waals surface area contributed by atoms with Crippen molar-refractivity contribution in [1.82, 2.24) is 0 Å². The van der Waals surface area contributed by atoms with Crippen LogP contribution in [0.3, 0.4) is 0 Å². The van der Waals surface area contributed by atoms with Crippen LogP contribution in [-0.2, 0) is 4.79 Å². The zero-order valence-electron chi connectivity index (χ0n) is 14.2. The molecule has 0 aromatic heterocycles. The van der Waals surface area contributed by atoms with Crippen LogP contribution in [0.2, 0.25) is 0 Å². The number of methoxy groups -OCH3 is 1. The highest BCUT2D eigenvalue weighted by Crippen LogP contribution is 2.28. The van der Waals surface area contributed by atoms with Crippen LogP contribution < -0.4 is 9.47 Å². The summed E-state index contributed by atoms with van der Waals surface area (Å²) in [5.41, 5.74) is 1.15. The second-order valence-corrected chi connectivity index (χ2v) is 5.57. The molecule has 0 fully saturated rings. The number of carbonyl (C=O) groups is 2. The molecule has 0 heterocycles. The number of aliphatic imine (C=N–C) groups is 1. The van der Waals surface area contributed by atoms with Crippen molar-refractivity contribution < 1.29 is 24.2 Å².